The molecule has 0 aromatic heterocycles. The van der Waals surface area contributed by atoms with Crippen molar-refractivity contribution in [2.24, 2.45) is 0 Å². The number of para-hydroxylation sites is 2. The SMILES string of the molecule is CCOc1ccc(Oc2ccccc2NC(=O)CNC(=O)c2ccc(Br)cc2)cc1. The van der Waals surface area contributed by atoms with Gasteiger partial charge < -0.3 is 20.1 Å². The lowest BCUT2D eigenvalue weighted by molar-refractivity contribution is -0.115. The second kappa shape index (κ2) is 10.5. The summed E-state index contributed by atoms with van der Waals surface area (Å²) in [6.07, 6.45) is 0. The van der Waals surface area contributed by atoms with Gasteiger partial charge >= 0.3 is 0 Å². The molecule has 0 aliphatic carbocycles. The second-order valence-electron chi connectivity index (χ2n) is 6.24. The van der Waals surface area contributed by atoms with Crippen LogP contribution in [0.2, 0.25) is 0 Å². The molecule has 0 saturated carbocycles. The van der Waals surface area contributed by atoms with E-state index in [1.807, 2.05) is 25.1 Å². The number of carbonyl (C=O) groups excluding carboxylic acids is 2. The molecule has 30 heavy (non-hydrogen) atoms. The summed E-state index contributed by atoms with van der Waals surface area (Å²) in [6, 6.07) is 21.2. The molecule has 0 fully saturated rings. The summed E-state index contributed by atoms with van der Waals surface area (Å²) in [4.78, 5) is 24.5. The highest BCUT2D eigenvalue weighted by molar-refractivity contribution is 9.10. The van der Waals surface area contributed by atoms with Gasteiger partial charge in [0.25, 0.3) is 5.91 Å². The van der Waals surface area contributed by atoms with Gasteiger partial charge in [0.05, 0.1) is 18.8 Å². The Hall–Kier alpha value is -3.32. The number of benzene rings is 3. The molecule has 0 aliphatic heterocycles. The van der Waals surface area contributed by atoms with Crippen LogP contribution in [0.4, 0.5) is 5.69 Å². The van der Waals surface area contributed by atoms with Crippen LogP contribution in [0, 0.1) is 0 Å². The molecule has 2 N–H and O–H groups in total. The van der Waals surface area contributed by atoms with Crippen molar-refractivity contribution >= 4 is 33.4 Å². The minimum atomic E-state index is -0.358. The van der Waals surface area contributed by atoms with Gasteiger partial charge in [0, 0.05) is 10.0 Å². The first-order valence-electron chi connectivity index (χ1n) is 9.38. The van der Waals surface area contributed by atoms with Crippen LogP contribution in [-0.4, -0.2) is 25.0 Å². The molecule has 0 saturated heterocycles. The Bertz CT molecular complexity index is 1000. The van der Waals surface area contributed by atoms with Crippen LogP contribution in [0.5, 0.6) is 17.2 Å². The molecule has 0 heterocycles. The van der Waals surface area contributed by atoms with Crippen molar-refractivity contribution in [1.82, 2.24) is 5.32 Å². The zero-order valence-corrected chi connectivity index (χ0v) is 17.9. The molecular formula is C23H21BrN2O4. The fourth-order valence-corrected chi connectivity index (χ4v) is 2.88. The summed E-state index contributed by atoms with van der Waals surface area (Å²) in [5.74, 6) is 1.19. The molecule has 3 aromatic carbocycles. The Morgan fingerprint density at radius 1 is 0.900 bits per heavy atom. The first-order chi connectivity index (χ1) is 14.5. The topological polar surface area (TPSA) is 76.7 Å². The molecule has 2 amide bonds. The Balaban J connectivity index is 1.59. The van der Waals surface area contributed by atoms with Gasteiger partial charge in [-0.05, 0) is 67.6 Å². The maximum atomic E-state index is 12.3. The quantitative estimate of drug-likeness (QED) is 0.487. The first kappa shape index (κ1) is 21.4. The molecular weight excluding hydrogens is 448 g/mol. The summed E-state index contributed by atoms with van der Waals surface area (Å²) in [5, 5.41) is 5.37. The molecule has 0 unspecified atom stereocenters. The van der Waals surface area contributed by atoms with Crippen molar-refractivity contribution in [3.05, 3.63) is 82.8 Å². The number of amides is 2. The minimum absolute atomic E-state index is 0.160. The van der Waals surface area contributed by atoms with Crippen LogP contribution in [0.25, 0.3) is 0 Å². The number of anilines is 1. The maximum Gasteiger partial charge on any atom is 0.251 e. The highest BCUT2D eigenvalue weighted by Gasteiger charge is 2.11. The molecule has 154 valence electrons. The summed E-state index contributed by atoms with van der Waals surface area (Å²) in [7, 11) is 0. The van der Waals surface area contributed by atoms with Crippen molar-refractivity contribution in [2.75, 3.05) is 18.5 Å². The lowest BCUT2D eigenvalue weighted by Crippen LogP contribution is -2.32. The summed E-state index contributed by atoms with van der Waals surface area (Å²) in [6.45, 7) is 2.35. The molecule has 0 spiro atoms. The highest BCUT2D eigenvalue weighted by atomic mass is 79.9. The average molecular weight is 469 g/mol. The number of halogens is 1. The van der Waals surface area contributed by atoms with Crippen LogP contribution in [-0.2, 0) is 4.79 Å². The third-order valence-electron chi connectivity index (χ3n) is 4.04. The van der Waals surface area contributed by atoms with Gasteiger partial charge in [0.1, 0.15) is 11.5 Å². The van der Waals surface area contributed by atoms with E-state index < -0.39 is 0 Å². The van der Waals surface area contributed by atoms with Gasteiger partial charge in [0.2, 0.25) is 5.91 Å². The average Bonchev–Trinajstić information content (AvgIpc) is 2.75. The summed E-state index contributed by atoms with van der Waals surface area (Å²) < 4.78 is 12.2. The number of nitrogens with one attached hydrogen (secondary N) is 2. The zero-order valence-electron chi connectivity index (χ0n) is 16.4. The van der Waals surface area contributed by atoms with Crippen molar-refractivity contribution in [1.29, 1.82) is 0 Å². The van der Waals surface area contributed by atoms with E-state index in [-0.39, 0.29) is 18.4 Å². The molecule has 6 nitrogen and oxygen atoms in total. The maximum absolute atomic E-state index is 12.3. The number of ether oxygens (including phenoxy) is 2. The lowest BCUT2D eigenvalue weighted by atomic mass is 10.2. The van der Waals surface area contributed by atoms with Crippen LogP contribution in [0.3, 0.4) is 0 Å². The Labute approximate surface area is 183 Å². The van der Waals surface area contributed by atoms with Gasteiger partial charge in [-0.15, -0.1) is 0 Å². The van der Waals surface area contributed by atoms with Crippen LogP contribution >= 0.6 is 15.9 Å². The Morgan fingerprint density at radius 3 is 2.27 bits per heavy atom. The van der Waals surface area contributed by atoms with Gasteiger partial charge in [-0.1, -0.05) is 28.1 Å². The standard InChI is InChI=1S/C23H21BrN2O4/c1-2-29-18-11-13-19(14-12-18)30-21-6-4-3-5-20(21)26-22(27)15-25-23(28)16-7-9-17(24)10-8-16/h3-14H,2,15H2,1H3,(H,25,28)(H,26,27). The predicted octanol–water partition coefficient (Wildman–Crippen LogP) is 5.01. The fraction of sp³-hybridized carbons (Fsp3) is 0.130. The van der Waals surface area contributed by atoms with E-state index in [0.29, 0.717) is 29.4 Å². The minimum Gasteiger partial charge on any atom is -0.494 e. The predicted molar refractivity (Wildman–Crippen MR) is 119 cm³/mol. The monoisotopic (exact) mass is 468 g/mol. The Kier molecular flexibility index (Phi) is 7.45. The fourth-order valence-electron chi connectivity index (χ4n) is 2.61. The van der Waals surface area contributed by atoms with E-state index in [0.717, 1.165) is 10.2 Å². The van der Waals surface area contributed by atoms with E-state index in [1.54, 1.807) is 54.6 Å². The van der Waals surface area contributed by atoms with E-state index in [9.17, 15) is 9.59 Å². The van der Waals surface area contributed by atoms with Gasteiger partial charge in [0.15, 0.2) is 5.75 Å². The largest absolute Gasteiger partial charge is 0.494 e. The third kappa shape index (κ3) is 6.09. The highest BCUT2D eigenvalue weighted by Crippen LogP contribution is 2.30. The van der Waals surface area contributed by atoms with Gasteiger partial charge in [-0.2, -0.15) is 0 Å². The molecule has 3 aromatic rings. The third-order valence-corrected chi connectivity index (χ3v) is 4.57. The van der Waals surface area contributed by atoms with Crippen molar-refractivity contribution in [3.8, 4) is 17.2 Å². The smallest absolute Gasteiger partial charge is 0.251 e. The zero-order chi connectivity index (χ0) is 21.3. The second-order valence-corrected chi connectivity index (χ2v) is 7.16. The van der Waals surface area contributed by atoms with Crippen LogP contribution in [0.1, 0.15) is 17.3 Å². The molecule has 0 aliphatic rings. The van der Waals surface area contributed by atoms with Crippen molar-refractivity contribution in [3.63, 3.8) is 0 Å². The molecule has 0 radical (unpaired) electrons. The van der Waals surface area contributed by atoms with E-state index in [4.69, 9.17) is 9.47 Å². The summed E-state index contributed by atoms with van der Waals surface area (Å²) >= 11 is 3.32. The normalized spacial score (nSPS) is 10.2. The summed E-state index contributed by atoms with van der Waals surface area (Å²) in [5.41, 5.74) is 0.986. The van der Waals surface area contributed by atoms with E-state index in [1.165, 1.54) is 0 Å². The number of hydrogen-bond donors (Lipinski definition) is 2. The van der Waals surface area contributed by atoms with Crippen LogP contribution in [0.15, 0.2) is 77.3 Å². The number of carbonyl (C=O) groups is 2. The first-order valence-corrected chi connectivity index (χ1v) is 10.2. The molecule has 7 heteroatoms. The Morgan fingerprint density at radius 2 is 1.57 bits per heavy atom. The number of hydrogen-bond acceptors (Lipinski definition) is 4. The van der Waals surface area contributed by atoms with Crippen LogP contribution < -0.4 is 20.1 Å². The molecule has 0 atom stereocenters. The number of rotatable bonds is 8. The van der Waals surface area contributed by atoms with Gasteiger partial charge in [-0.3, -0.25) is 9.59 Å². The van der Waals surface area contributed by atoms with Gasteiger partial charge in [-0.25, -0.2) is 0 Å². The lowest BCUT2D eigenvalue weighted by Gasteiger charge is -2.13. The molecule has 0 bridgehead atoms. The van der Waals surface area contributed by atoms with E-state index >= 15 is 0 Å². The molecule has 3 rings (SSSR count). The van der Waals surface area contributed by atoms with E-state index in [2.05, 4.69) is 26.6 Å². The van der Waals surface area contributed by atoms with Crippen molar-refractivity contribution in [2.45, 2.75) is 6.92 Å². The van der Waals surface area contributed by atoms with Crippen molar-refractivity contribution < 1.29 is 19.1 Å².